The minimum atomic E-state index is -2.50. The fraction of sp³-hybridized carbons (Fsp3) is 0.667. The molecule has 0 saturated heterocycles. The lowest BCUT2D eigenvalue weighted by atomic mass is 9.97. The molecule has 12 heavy (non-hydrogen) atoms. The van der Waals surface area contributed by atoms with E-state index in [1.54, 1.807) is 0 Å². The highest BCUT2D eigenvalue weighted by molar-refractivity contribution is 6.39. The highest BCUT2D eigenvalue weighted by Crippen LogP contribution is 2.47. The van der Waals surface area contributed by atoms with Crippen LogP contribution in [0.4, 0.5) is 0 Å². The van der Waals surface area contributed by atoms with E-state index in [1.165, 1.54) is 6.08 Å². The fourth-order valence-electron chi connectivity index (χ4n) is 0.886. The first kappa shape index (κ1) is 10.6. The molecule has 0 aromatic rings. The molecule has 0 fully saturated rings. The van der Waals surface area contributed by atoms with Crippen LogP contribution in [0.15, 0.2) is 12.2 Å². The minimum Gasteiger partial charge on any atom is -0.371 e. The van der Waals surface area contributed by atoms with Gasteiger partial charge in [-0.05, 0) is 6.08 Å². The summed E-state index contributed by atoms with van der Waals surface area (Å²) in [6.45, 7) is 0. The van der Waals surface area contributed by atoms with E-state index in [2.05, 4.69) is 0 Å². The highest BCUT2D eigenvalue weighted by atomic mass is 35.5. The zero-order valence-corrected chi connectivity index (χ0v) is 8.11. The molecule has 0 radical (unpaired) electrons. The molecule has 1 aliphatic carbocycles. The fourth-order valence-corrected chi connectivity index (χ4v) is 1.55. The van der Waals surface area contributed by atoms with Crippen molar-refractivity contribution in [1.82, 2.24) is 0 Å². The van der Waals surface area contributed by atoms with Gasteiger partial charge in [0.25, 0.3) is 0 Å². The van der Waals surface area contributed by atoms with Crippen LogP contribution in [-0.2, 0) is 0 Å². The third kappa shape index (κ3) is 1.35. The van der Waals surface area contributed by atoms with Gasteiger partial charge in [0.15, 0.2) is 5.06 Å². The number of hydrogen-bond donors (Lipinski definition) is 3. The highest BCUT2D eigenvalue weighted by Gasteiger charge is 2.60. The zero-order valence-electron chi connectivity index (χ0n) is 5.84. The van der Waals surface area contributed by atoms with Gasteiger partial charge in [0.05, 0.1) is 0 Å². The van der Waals surface area contributed by atoms with Gasteiger partial charge in [-0.15, -0.1) is 0 Å². The van der Waals surface area contributed by atoms with Gasteiger partial charge in [0, 0.05) is 6.42 Å². The Balaban J connectivity index is 3.13. The van der Waals surface area contributed by atoms with Crippen LogP contribution in [0.2, 0.25) is 0 Å². The second kappa shape index (κ2) is 2.74. The molecule has 3 atom stereocenters. The SMILES string of the molecule is OC1(Cl)C=CCC(O)(Cl)C1(O)Cl. The van der Waals surface area contributed by atoms with Crippen molar-refractivity contribution >= 4 is 34.8 Å². The van der Waals surface area contributed by atoms with Crippen LogP contribution in [0, 0.1) is 0 Å². The van der Waals surface area contributed by atoms with Gasteiger partial charge >= 0.3 is 0 Å². The largest absolute Gasteiger partial charge is 0.371 e. The number of halogens is 3. The summed E-state index contributed by atoms with van der Waals surface area (Å²) in [5, 5.41) is 21.1. The molecule has 3 N–H and O–H groups in total. The smallest absolute Gasteiger partial charge is 0.229 e. The molecule has 0 spiro atoms. The van der Waals surface area contributed by atoms with E-state index in [1.807, 2.05) is 0 Å². The lowest BCUT2D eigenvalue weighted by Gasteiger charge is -2.42. The second-order valence-electron chi connectivity index (χ2n) is 2.66. The number of aliphatic hydroxyl groups is 3. The van der Waals surface area contributed by atoms with Gasteiger partial charge in [0.2, 0.25) is 10.1 Å². The van der Waals surface area contributed by atoms with Crippen LogP contribution in [0.25, 0.3) is 0 Å². The van der Waals surface area contributed by atoms with E-state index in [9.17, 15) is 15.3 Å². The van der Waals surface area contributed by atoms with Crippen molar-refractivity contribution in [1.29, 1.82) is 0 Å². The molecule has 0 aromatic carbocycles. The standard InChI is InChI=1S/C6H7Cl3O3/c7-4(10)2-1-3-5(8,11)6(4,9)12/h1-2,10-12H,3H2. The molecule has 0 aliphatic heterocycles. The van der Waals surface area contributed by atoms with Crippen molar-refractivity contribution in [2.24, 2.45) is 0 Å². The first-order valence-corrected chi connectivity index (χ1v) is 4.26. The first-order chi connectivity index (χ1) is 5.21. The van der Waals surface area contributed by atoms with E-state index < -0.39 is 15.2 Å². The van der Waals surface area contributed by atoms with Gasteiger partial charge in [-0.2, -0.15) is 0 Å². The summed E-state index contributed by atoms with van der Waals surface area (Å²) in [6.07, 6.45) is 2.30. The van der Waals surface area contributed by atoms with Gasteiger partial charge in [0.1, 0.15) is 0 Å². The maximum absolute atomic E-state index is 9.38. The van der Waals surface area contributed by atoms with Crippen LogP contribution >= 0.6 is 34.8 Å². The summed E-state index contributed by atoms with van der Waals surface area (Å²) in [5.41, 5.74) is 0. The molecule has 70 valence electrons. The third-order valence-corrected chi connectivity index (χ3v) is 3.32. The van der Waals surface area contributed by atoms with Crippen molar-refractivity contribution < 1.29 is 15.3 Å². The zero-order chi connectivity index (χ0) is 9.62. The summed E-state index contributed by atoms with van der Waals surface area (Å²) in [6, 6.07) is 0. The summed E-state index contributed by atoms with van der Waals surface area (Å²) in [4.78, 5) is 0. The van der Waals surface area contributed by atoms with Crippen LogP contribution in [0.3, 0.4) is 0 Å². The van der Waals surface area contributed by atoms with Crippen LogP contribution in [-0.4, -0.2) is 30.5 Å². The van der Waals surface area contributed by atoms with E-state index in [-0.39, 0.29) is 6.42 Å². The lowest BCUT2D eigenvalue weighted by Crippen LogP contribution is -2.60. The Morgan fingerprint density at radius 1 is 1.08 bits per heavy atom. The molecule has 3 nitrogen and oxygen atoms in total. The van der Waals surface area contributed by atoms with Crippen molar-refractivity contribution in [2.45, 2.75) is 21.6 Å². The predicted octanol–water partition coefficient (Wildman–Crippen LogP) is 0.728. The third-order valence-electron chi connectivity index (χ3n) is 1.70. The average molecular weight is 233 g/mol. The lowest BCUT2D eigenvalue weighted by molar-refractivity contribution is -0.117. The quantitative estimate of drug-likeness (QED) is 0.427. The Labute approximate surface area is 84.2 Å². The molecule has 3 unspecified atom stereocenters. The second-order valence-corrected chi connectivity index (χ2v) is 4.41. The van der Waals surface area contributed by atoms with Gasteiger partial charge in [-0.25, -0.2) is 0 Å². The number of hydrogen-bond acceptors (Lipinski definition) is 3. The van der Waals surface area contributed by atoms with Gasteiger partial charge in [-0.3, -0.25) is 0 Å². The normalized spacial score (nSPS) is 54.2. The van der Waals surface area contributed by atoms with Crippen LogP contribution in [0.1, 0.15) is 6.42 Å². The number of alkyl halides is 3. The maximum atomic E-state index is 9.38. The molecule has 1 rings (SSSR count). The molecular formula is C6H7Cl3O3. The van der Waals surface area contributed by atoms with Crippen LogP contribution < -0.4 is 0 Å². The maximum Gasteiger partial charge on any atom is 0.229 e. The van der Waals surface area contributed by atoms with E-state index in [0.717, 1.165) is 6.08 Å². The van der Waals surface area contributed by atoms with Gasteiger partial charge in [-0.1, -0.05) is 40.9 Å². The Morgan fingerprint density at radius 2 is 1.58 bits per heavy atom. The average Bonchev–Trinajstić information content (AvgIpc) is 1.83. The topological polar surface area (TPSA) is 60.7 Å². The van der Waals surface area contributed by atoms with Crippen LogP contribution in [0.5, 0.6) is 0 Å². The number of rotatable bonds is 0. The minimum absolute atomic E-state index is 0.0937. The Morgan fingerprint density at radius 3 is 1.92 bits per heavy atom. The molecular weight excluding hydrogens is 226 g/mol. The Kier molecular flexibility index (Phi) is 2.41. The summed E-state index contributed by atoms with van der Waals surface area (Å²) >= 11 is 16.2. The van der Waals surface area contributed by atoms with Crippen molar-refractivity contribution in [3.63, 3.8) is 0 Å². The van der Waals surface area contributed by atoms with Gasteiger partial charge < -0.3 is 15.3 Å². The first-order valence-electron chi connectivity index (χ1n) is 3.12. The monoisotopic (exact) mass is 232 g/mol. The van der Waals surface area contributed by atoms with Crippen molar-refractivity contribution in [3.8, 4) is 0 Å². The van der Waals surface area contributed by atoms with E-state index in [0.29, 0.717) is 0 Å². The van der Waals surface area contributed by atoms with Crippen molar-refractivity contribution in [2.75, 3.05) is 0 Å². The Hall–Kier alpha value is 0.490. The summed E-state index contributed by atoms with van der Waals surface area (Å²) in [7, 11) is 0. The predicted molar refractivity (Wildman–Crippen MR) is 46.2 cm³/mol. The molecule has 0 heterocycles. The molecule has 0 saturated carbocycles. The van der Waals surface area contributed by atoms with E-state index >= 15 is 0 Å². The van der Waals surface area contributed by atoms with Crippen molar-refractivity contribution in [3.05, 3.63) is 12.2 Å². The Bertz CT molecular complexity index is 222. The van der Waals surface area contributed by atoms with E-state index in [4.69, 9.17) is 34.8 Å². The molecule has 0 aromatic heterocycles. The molecule has 0 amide bonds. The summed E-state index contributed by atoms with van der Waals surface area (Å²) in [5.74, 6) is 0. The summed E-state index contributed by atoms with van der Waals surface area (Å²) < 4.78 is 0. The molecule has 0 bridgehead atoms. The molecule has 6 heteroatoms. The molecule has 1 aliphatic rings.